The van der Waals surface area contributed by atoms with Gasteiger partial charge in [-0.25, -0.2) is 8.57 Å². The van der Waals surface area contributed by atoms with Crippen molar-refractivity contribution in [3.8, 4) is 0 Å². The van der Waals surface area contributed by atoms with E-state index in [4.69, 9.17) is 4.74 Å². The summed E-state index contributed by atoms with van der Waals surface area (Å²) in [6, 6.07) is 9.31. The number of fused-ring (bicyclic) bond motifs is 1. The van der Waals surface area contributed by atoms with Gasteiger partial charge in [0.25, 0.3) is 0 Å². The van der Waals surface area contributed by atoms with E-state index in [1.54, 1.807) is 13.1 Å². The Morgan fingerprint density at radius 2 is 2.07 bits per heavy atom. The zero-order chi connectivity index (χ0) is 20.4. The van der Waals surface area contributed by atoms with Crippen LogP contribution in [0.3, 0.4) is 0 Å². The smallest absolute Gasteiger partial charge is 0.202 e. The number of hydrogen-bond acceptors (Lipinski definition) is 4. The summed E-state index contributed by atoms with van der Waals surface area (Å²) in [6.45, 7) is 8.07. The van der Waals surface area contributed by atoms with E-state index in [1.807, 2.05) is 30.3 Å². The van der Waals surface area contributed by atoms with E-state index < -0.39 is 15.5 Å². The van der Waals surface area contributed by atoms with Gasteiger partial charge in [0.05, 0.1) is 15.9 Å². The van der Waals surface area contributed by atoms with E-state index in [2.05, 4.69) is 24.8 Å². The Balaban J connectivity index is 2.28. The first-order chi connectivity index (χ1) is 13.4. The molecule has 0 saturated heterocycles. The molecule has 1 aliphatic heterocycles. The molecule has 2 aliphatic rings. The van der Waals surface area contributed by atoms with Gasteiger partial charge in [-0.05, 0) is 49.3 Å². The molecular weight excluding hydrogens is 370 g/mol. The molecule has 0 radical (unpaired) electrons. The predicted molar refractivity (Wildman–Crippen MR) is 114 cm³/mol. The standard InChI is InChI=1S/C23H33NO3S/c1-5-6-16-23(25)22(28(26,24-4)18-12-8-7-9-13-18)20-15-11-10-14-19(20)21(27-23)17(2)3/h5,7-9,12-13,17,19,21,25H,1,6,10-11,14-16H2,2-4H3/t19-,21+,23-,28-/m1/s1. The molecule has 1 aliphatic carbocycles. The second kappa shape index (κ2) is 8.52. The molecule has 1 saturated carbocycles. The van der Waals surface area contributed by atoms with Crippen molar-refractivity contribution >= 4 is 9.73 Å². The van der Waals surface area contributed by atoms with Gasteiger partial charge in [-0.2, -0.15) is 0 Å². The summed E-state index contributed by atoms with van der Waals surface area (Å²) in [5.74, 6) is -1.13. The predicted octanol–water partition coefficient (Wildman–Crippen LogP) is 5.30. The van der Waals surface area contributed by atoms with E-state index in [0.29, 0.717) is 22.6 Å². The highest BCUT2D eigenvalue weighted by molar-refractivity contribution is 7.97. The summed E-state index contributed by atoms with van der Waals surface area (Å²) in [5, 5.41) is 11.8. The Kier molecular flexibility index (Phi) is 6.47. The third kappa shape index (κ3) is 3.72. The Morgan fingerprint density at radius 1 is 1.36 bits per heavy atom. The molecule has 0 bridgehead atoms. The fraction of sp³-hybridized carbons (Fsp3) is 0.565. The molecule has 1 N–H and O–H groups in total. The largest absolute Gasteiger partial charge is 0.361 e. The van der Waals surface area contributed by atoms with E-state index in [9.17, 15) is 9.32 Å². The van der Waals surface area contributed by atoms with E-state index in [1.165, 1.54) is 0 Å². The fourth-order valence-corrected chi connectivity index (χ4v) is 7.03. The van der Waals surface area contributed by atoms with Crippen LogP contribution in [0, 0.1) is 11.8 Å². The monoisotopic (exact) mass is 403 g/mol. The van der Waals surface area contributed by atoms with Crippen LogP contribution in [0.25, 0.3) is 0 Å². The first-order valence-electron chi connectivity index (χ1n) is 10.3. The van der Waals surface area contributed by atoms with Gasteiger partial charge in [0.15, 0.2) is 0 Å². The Labute approximate surface area is 169 Å². The highest BCUT2D eigenvalue weighted by atomic mass is 32.2. The summed E-state index contributed by atoms with van der Waals surface area (Å²) in [5.41, 5.74) is 1.11. The minimum atomic E-state index is -2.97. The zero-order valence-corrected chi connectivity index (χ0v) is 18.1. The molecule has 154 valence electrons. The number of nitrogens with zero attached hydrogens (tertiary/aromatic N) is 1. The lowest BCUT2D eigenvalue weighted by Gasteiger charge is -2.48. The fourth-order valence-electron chi connectivity index (χ4n) is 4.68. The maximum atomic E-state index is 14.3. The van der Waals surface area contributed by atoms with Crippen molar-refractivity contribution in [2.45, 2.75) is 69.2 Å². The average Bonchev–Trinajstić information content (AvgIpc) is 2.71. The molecule has 0 aromatic heterocycles. The van der Waals surface area contributed by atoms with Crippen LogP contribution in [0.5, 0.6) is 0 Å². The van der Waals surface area contributed by atoms with Crippen LogP contribution in [0.1, 0.15) is 52.4 Å². The maximum absolute atomic E-state index is 14.3. The molecule has 0 unspecified atom stereocenters. The minimum Gasteiger partial charge on any atom is -0.361 e. The molecule has 1 heterocycles. The van der Waals surface area contributed by atoms with Gasteiger partial charge in [0.1, 0.15) is 9.73 Å². The molecule has 0 spiro atoms. The summed E-state index contributed by atoms with van der Waals surface area (Å²) in [6.07, 6.45) is 6.65. The van der Waals surface area contributed by atoms with E-state index in [-0.39, 0.29) is 17.9 Å². The number of hydrogen-bond donors (Lipinski definition) is 1. The van der Waals surface area contributed by atoms with Gasteiger partial charge in [-0.3, -0.25) is 0 Å². The van der Waals surface area contributed by atoms with Crippen LogP contribution in [0.4, 0.5) is 0 Å². The number of ether oxygens (including phenoxy) is 1. The normalized spacial score (nSPS) is 29.9. The molecular formula is C23H33NO3S. The lowest BCUT2D eigenvalue weighted by Crippen LogP contribution is -2.51. The molecule has 28 heavy (non-hydrogen) atoms. The van der Waals surface area contributed by atoms with Crippen molar-refractivity contribution in [2.24, 2.45) is 16.2 Å². The van der Waals surface area contributed by atoms with Gasteiger partial charge in [-0.1, -0.05) is 44.5 Å². The van der Waals surface area contributed by atoms with Gasteiger partial charge >= 0.3 is 0 Å². The molecule has 4 nitrogen and oxygen atoms in total. The highest BCUT2D eigenvalue weighted by Crippen LogP contribution is 2.50. The lowest BCUT2D eigenvalue weighted by molar-refractivity contribution is -0.232. The van der Waals surface area contributed by atoms with E-state index in [0.717, 1.165) is 31.3 Å². The Morgan fingerprint density at radius 3 is 2.68 bits per heavy atom. The SMILES string of the molecule is C=CCC[C@@]1(O)O[C@@H](C(C)C)[C@@H]2CCCCC2=C1[S@@](=O)(=NC)c1ccccc1. The second-order valence-corrected chi connectivity index (χ2v) is 10.5. The second-order valence-electron chi connectivity index (χ2n) is 8.17. The van der Waals surface area contributed by atoms with Crippen molar-refractivity contribution in [1.29, 1.82) is 0 Å². The molecule has 1 aromatic carbocycles. The van der Waals surface area contributed by atoms with Crippen molar-refractivity contribution in [2.75, 3.05) is 7.05 Å². The first-order valence-corrected chi connectivity index (χ1v) is 11.8. The van der Waals surface area contributed by atoms with Crippen molar-refractivity contribution in [3.63, 3.8) is 0 Å². The van der Waals surface area contributed by atoms with Crippen LogP contribution in [0.15, 0.2) is 62.7 Å². The lowest BCUT2D eigenvalue weighted by atomic mass is 9.74. The third-order valence-corrected chi connectivity index (χ3v) is 8.53. The number of allylic oxidation sites excluding steroid dienone is 1. The summed E-state index contributed by atoms with van der Waals surface area (Å²) < 4.78 is 25.1. The van der Waals surface area contributed by atoms with Crippen LogP contribution < -0.4 is 0 Å². The number of benzene rings is 1. The molecule has 0 amide bonds. The molecule has 1 aromatic rings. The van der Waals surface area contributed by atoms with Crippen LogP contribution in [-0.2, 0) is 14.5 Å². The molecule has 1 fully saturated rings. The number of aliphatic hydroxyl groups is 1. The average molecular weight is 404 g/mol. The van der Waals surface area contributed by atoms with Crippen molar-refractivity contribution < 1.29 is 14.1 Å². The summed E-state index contributed by atoms with van der Waals surface area (Å²) >= 11 is 0. The molecule has 3 rings (SSSR count). The van der Waals surface area contributed by atoms with Crippen molar-refractivity contribution in [3.05, 3.63) is 53.5 Å². The topological polar surface area (TPSA) is 58.9 Å². The zero-order valence-electron chi connectivity index (χ0n) is 17.3. The van der Waals surface area contributed by atoms with Crippen molar-refractivity contribution in [1.82, 2.24) is 0 Å². The third-order valence-electron chi connectivity index (χ3n) is 5.97. The summed E-state index contributed by atoms with van der Waals surface area (Å²) in [4.78, 5) is 1.14. The molecule has 5 heteroatoms. The minimum absolute atomic E-state index is 0.0786. The van der Waals surface area contributed by atoms with E-state index >= 15 is 0 Å². The highest BCUT2D eigenvalue weighted by Gasteiger charge is 2.51. The number of rotatable bonds is 6. The Bertz CT molecular complexity index is 852. The first kappa shape index (κ1) is 21.3. The van der Waals surface area contributed by atoms with Gasteiger partial charge in [-0.15, -0.1) is 6.58 Å². The van der Waals surface area contributed by atoms with Crippen LogP contribution >= 0.6 is 0 Å². The summed E-state index contributed by atoms with van der Waals surface area (Å²) in [7, 11) is -1.38. The van der Waals surface area contributed by atoms with Gasteiger partial charge < -0.3 is 9.84 Å². The maximum Gasteiger partial charge on any atom is 0.202 e. The Hall–Kier alpha value is -1.43. The quantitative estimate of drug-likeness (QED) is 0.656. The van der Waals surface area contributed by atoms with Crippen LogP contribution in [-0.4, -0.2) is 28.3 Å². The molecule has 4 atom stereocenters. The van der Waals surface area contributed by atoms with Crippen LogP contribution in [0.2, 0.25) is 0 Å². The van der Waals surface area contributed by atoms with Gasteiger partial charge in [0.2, 0.25) is 5.79 Å². The van der Waals surface area contributed by atoms with Gasteiger partial charge in [0, 0.05) is 19.4 Å².